The lowest BCUT2D eigenvalue weighted by atomic mass is 9.93. The second kappa shape index (κ2) is 9.32. The molecular weight excluding hydrogens is 278 g/mol. The van der Waals surface area contributed by atoms with Gasteiger partial charge >= 0.3 is 0 Å². The van der Waals surface area contributed by atoms with Crippen LogP contribution in [0.2, 0.25) is 0 Å². The Kier molecular flexibility index (Phi) is 8.13. The molecule has 0 spiro atoms. The van der Waals surface area contributed by atoms with Gasteiger partial charge in [0.15, 0.2) is 0 Å². The number of ether oxygens (including phenoxy) is 1. The number of aliphatic hydroxyl groups excluding tert-OH is 4. The topological polar surface area (TPSA) is 119 Å². The third kappa shape index (κ3) is 5.52. The van der Waals surface area contributed by atoms with Crippen LogP contribution in [0.1, 0.15) is 39.0 Å². The summed E-state index contributed by atoms with van der Waals surface area (Å²) >= 11 is 0. The van der Waals surface area contributed by atoms with Crippen LogP contribution < -0.4 is 5.32 Å². The summed E-state index contributed by atoms with van der Waals surface area (Å²) in [4.78, 5) is 11.8. The second-order valence-electron chi connectivity index (χ2n) is 5.48. The van der Waals surface area contributed by atoms with Crippen LogP contribution in [0.15, 0.2) is 0 Å². The lowest BCUT2D eigenvalue weighted by Crippen LogP contribution is -2.59. The van der Waals surface area contributed by atoms with Crippen LogP contribution in [0, 0.1) is 0 Å². The molecule has 0 aromatic heterocycles. The van der Waals surface area contributed by atoms with E-state index in [0.29, 0.717) is 6.54 Å². The van der Waals surface area contributed by atoms with E-state index in [1.54, 1.807) is 0 Å². The fraction of sp³-hybridized carbons (Fsp3) is 0.929. The fourth-order valence-electron chi connectivity index (χ4n) is 2.38. The van der Waals surface area contributed by atoms with E-state index < -0.39 is 37.1 Å². The van der Waals surface area contributed by atoms with Gasteiger partial charge in [0.25, 0.3) is 0 Å². The smallest absolute Gasteiger partial charge is 0.222 e. The first-order chi connectivity index (χ1) is 10.0. The predicted octanol–water partition coefficient (Wildman–Crippen LogP) is -1.08. The zero-order valence-electron chi connectivity index (χ0n) is 12.4. The summed E-state index contributed by atoms with van der Waals surface area (Å²) in [5.74, 6) is -0.282. The Balaban J connectivity index is 2.36. The molecule has 1 saturated heterocycles. The maximum Gasteiger partial charge on any atom is 0.222 e. The average Bonchev–Trinajstić information content (AvgIpc) is 2.47. The summed E-state index contributed by atoms with van der Waals surface area (Å²) in [5.41, 5.74) is 0. The number of nitrogens with one attached hydrogen (secondary N) is 1. The second-order valence-corrected chi connectivity index (χ2v) is 5.48. The lowest BCUT2D eigenvalue weighted by molar-refractivity contribution is -0.229. The van der Waals surface area contributed by atoms with E-state index in [1.165, 1.54) is 0 Å². The third-order valence-corrected chi connectivity index (χ3v) is 3.73. The lowest BCUT2D eigenvalue weighted by Gasteiger charge is -2.39. The van der Waals surface area contributed by atoms with Gasteiger partial charge in [0.1, 0.15) is 24.4 Å². The van der Waals surface area contributed by atoms with E-state index in [0.717, 1.165) is 25.7 Å². The van der Waals surface area contributed by atoms with Crippen molar-refractivity contribution in [1.82, 2.24) is 5.32 Å². The highest BCUT2D eigenvalue weighted by molar-refractivity contribution is 5.76. The molecular formula is C14H27NO6. The van der Waals surface area contributed by atoms with Crippen LogP contribution in [0.5, 0.6) is 0 Å². The van der Waals surface area contributed by atoms with Crippen LogP contribution >= 0.6 is 0 Å². The number of carbonyl (C=O) groups excluding carboxylic acids is 1. The van der Waals surface area contributed by atoms with Gasteiger partial charge in [0, 0.05) is 6.54 Å². The highest BCUT2D eigenvalue weighted by Crippen LogP contribution is 2.23. The Bertz CT molecular complexity index is 312. The molecule has 1 fully saturated rings. The first kappa shape index (κ1) is 18.3. The van der Waals surface area contributed by atoms with Gasteiger partial charge in [0.05, 0.1) is 19.1 Å². The van der Waals surface area contributed by atoms with Crippen molar-refractivity contribution in [3.05, 3.63) is 0 Å². The molecule has 0 aromatic rings. The molecule has 0 saturated carbocycles. The summed E-state index contributed by atoms with van der Waals surface area (Å²) in [7, 11) is 0. The molecule has 1 heterocycles. The monoisotopic (exact) mass is 305 g/mol. The summed E-state index contributed by atoms with van der Waals surface area (Å²) in [5, 5.41) is 40.9. The van der Waals surface area contributed by atoms with Crippen molar-refractivity contribution < 1.29 is 30.0 Å². The largest absolute Gasteiger partial charge is 0.394 e. The Morgan fingerprint density at radius 3 is 2.33 bits per heavy atom. The number of hydrogen-bond donors (Lipinski definition) is 5. The number of carbonyl (C=O) groups is 1. The van der Waals surface area contributed by atoms with E-state index in [2.05, 4.69) is 12.2 Å². The third-order valence-electron chi connectivity index (χ3n) is 3.73. The fourth-order valence-corrected chi connectivity index (χ4v) is 2.38. The van der Waals surface area contributed by atoms with Gasteiger partial charge in [-0.3, -0.25) is 4.79 Å². The Morgan fingerprint density at radius 1 is 1.05 bits per heavy atom. The SMILES string of the molecule is CCCCCCNC(=O)CC1O[C@H](CO)[C@@H](O)[C@H](O)[C@H]1O. The molecule has 5 N–H and O–H groups in total. The van der Waals surface area contributed by atoms with E-state index in [4.69, 9.17) is 9.84 Å². The van der Waals surface area contributed by atoms with E-state index in [1.807, 2.05) is 0 Å². The summed E-state index contributed by atoms with van der Waals surface area (Å²) in [6, 6.07) is 0. The maximum atomic E-state index is 11.8. The Morgan fingerprint density at radius 2 is 1.71 bits per heavy atom. The minimum Gasteiger partial charge on any atom is -0.394 e. The minimum atomic E-state index is -1.43. The zero-order chi connectivity index (χ0) is 15.8. The molecule has 21 heavy (non-hydrogen) atoms. The minimum absolute atomic E-state index is 0.116. The van der Waals surface area contributed by atoms with Gasteiger partial charge in [-0.1, -0.05) is 26.2 Å². The molecule has 1 aliphatic rings. The van der Waals surface area contributed by atoms with Gasteiger partial charge < -0.3 is 30.5 Å². The summed E-state index contributed by atoms with van der Waals surface area (Å²) in [6.07, 6.45) is -1.99. The average molecular weight is 305 g/mol. The maximum absolute atomic E-state index is 11.8. The van der Waals surface area contributed by atoms with Crippen LogP contribution in [0.4, 0.5) is 0 Å². The van der Waals surface area contributed by atoms with E-state index in [9.17, 15) is 20.1 Å². The number of aliphatic hydroxyl groups is 4. The van der Waals surface area contributed by atoms with E-state index >= 15 is 0 Å². The molecule has 1 aliphatic heterocycles. The Hall–Kier alpha value is -0.730. The zero-order valence-corrected chi connectivity index (χ0v) is 12.4. The van der Waals surface area contributed by atoms with Gasteiger partial charge in [-0.15, -0.1) is 0 Å². The molecule has 5 atom stereocenters. The van der Waals surface area contributed by atoms with Crippen molar-refractivity contribution in [3.63, 3.8) is 0 Å². The first-order valence-electron chi connectivity index (χ1n) is 7.58. The number of amides is 1. The van der Waals surface area contributed by atoms with Crippen molar-refractivity contribution >= 4 is 5.91 Å². The van der Waals surface area contributed by atoms with Crippen molar-refractivity contribution in [2.75, 3.05) is 13.2 Å². The molecule has 1 unspecified atom stereocenters. The van der Waals surface area contributed by atoms with Gasteiger partial charge in [-0.2, -0.15) is 0 Å². The van der Waals surface area contributed by atoms with Crippen molar-refractivity contribution in [2.24, 2.45) is 0 Å². The van der Waals surface area contributed by atoms with Gasteiger partial charge in [0.2, 0.25) is 5.91 Å². The number of unbranched alkanes of at least 4 members (excludes halogenated alkanes) is 3. The molecule has 0 radical (unpaired) electrons. The molecule has 124 valence electrons. The van der Waals surface area contributed by atoms with Crippen LogP contribution in [0.25, 0.3) is 0 Å². The van der Waals surface area contributed by atoms with Crippen molar-refractivity contribution in [1.29, 1.82) is 0 Å². The highest BCUT2D eigenvalue weighted by Gasteiger charge is 2.43. The molecule has 1 amide bonds. The Labute approximate surface area is 124 Å². The molecule has 7 heteroatoms. The molecule has 0 aliphatic carbocycles. The quantitative estimate of drug-likeness (QED) is 0.364. The normalized spacial score (nSPS) is 32.9. The molecule has 1 rings (SSSR count). The highest BCUT2D eigenvalue weighted by atomic mass is 16.5. The standard InChI is InChI=1S/C14H27NO6/c1-2-3-4-5-6-15-11(17)7-9-12(18)14(20)13(19)10(8-16)21-9/h9-10,12-14,16,18-20H,2-8H2,1H3,(H,15,17)/t9?,10-,12+,13-,14-/m1/s1. The first-order valence-corrected chi connectivity index (χ1v) is 7.58. The summed E-state index contributed by atoms with van der Waals surface area (Å²) < 4.78 is 5.28. The van der Waals surface area contributed by atoms with Crippen molar-refractivity contribution in [3.8, 4) is 0 Å². The molecule has 0 aromatic carbocycles. The van der Waals surface area contributed by atoms with Crippen LogP contribution in [0.3, 0.4) is 0 Å². The number of rotatable bonds is 8. The molecule has 0 bridgehead atoms. The van der Waals surface area contributed by atoms with E-state index in [-0.39, 0.29) is 12.3 Å². The van der Waals surface area contributed by atoms with Crippen LogP contribution in [-0.2, 0) is 9.53 Å². The van der Waals surface area contributed by atoms with Gasteiger partial charge in [-0.25, -0.2) is 0 Å². The summed E-state index contributed by atoms with van der Waals surface area (Å²) in [6.45, 7) is 2.19. The van der Waals surface area contributed by atoms with Gasteiger partial charge in [-0.05, 0) is 6.42 Å². The number of hydrogen-bond acceptors (Lipinski definition) is 6. The van der Waals surface area contributed by atoms with Crippen LogP contribution in [-0.4, -0.2) is 70.0 Å². The molecule has 7 nitrogen and oxygen atoms in total. The van der Waals surface area contributed by atoms with Crippen molar-refractivity contribution in [2.45, 2.75) is 69.5 Å². The predicted molar refractivity (Wildman–Crippen MR) is 75.5 cm³/mol.